The van der Waals surface area contributed by atoms with E-state index in [0.29, 0.717) is 6.61 Å². The van der Waals surface area contributed by atoms with E-state index >= 15 is 0 Å². The van der Waals surface area contributed by atoms with Crippen LogP contribution in [0.5, 0.6) is 0 Å². The average molecular weight is 368 g/mol. The van der Waals surface area contributed by atoms with E-state index in [9.17, 15) is 0 Å². The number of fused-ring (bicyclic) bond motifs is 1. The highest BCUT2D eigenvalue weighted by molar-refractivity contribution is 6.31. The Morgan fingerprint density at radius 3 is 2.54 bits per heavy atom. The molecule has 0 radical (unpaired) electrons. The number of ether oxygens (including phenoxy) is 1. The highest BCUT2D eigenvalue weighted by Gasteiger charge is 2.26. The number of pyridine rings is 1. The van der Waals surface area contributed by atoms with Crippen LogP contribution in [0.2, 0.25) is 5.02 Å². The molecule has 0 fully saturated rings. The van der Waals surface area contributed by atoms with Crippen molar-refractivity contribution in [1.82, 2.24) is 14.8 Å². The third-order valence-corrected chi connectivity index (χ3v) is 5.25. The number of hydrogen-bond acceptors (Lipinski definition) is 3. The Morgan fingerprint density at radius 2 is 1.85 bits per heavy atom. The molecule has 1 aliphatic heterocycles. The van der Waals surface area contributed by atoms with E-state index in [1.165, 1.54) is 11.3 Å². The van der Waals surface area contributed by atoms with Gasteiger partial charge in [-0.25, -0.2) is 4.68 Å². The normalized spacial score (nSPS) is 16.6. The minimum atomic E-state index is 0.181. The van der Waals surface area contributed by atoms with Crippen LogP contribution < -0.4 is 0 Å². The first-order valence-electron chi connectivity index (χ1n) is 8.87. The van der Waals surface area contributed by atoms with Gasteiger partial charge in [-0.3, -0.25) is 4.98 Å². The Balaban J connectivity index is 1.92. The first kappa shape index (κ1) is 17.3. The lowest BCUT2D eigenvalue weighted by molar-refractivity contribution is 0.0401. The van der Waals surface area contributed by atoms with Crippen LogP contribution in [0.15, 0.2) is 30.3 Å². The van der Waals surface area contributed by atoms with Gasteiger partial charge in [0.15, 0.2) is 0 Å². The van der Waals surface area contributed by atoms with Crippen molar-refractivity contribution in [3.05, 3.63) is 63.6 Å². The molecule has 1 aromatic carbocycles. The second-order valence-corrected chi connectivity index (χ2v) is 7.49. The number of hydrogen-bond donors (Lipinski definition) is 0. The summed E-state index contributed by atoms with van der Waals surface area (Å²) in [5, 5.41) is 5.76. The van der Waals surface area contributed by atoms with Crippen molar-refractivity contribution >= 4 is 11.6 Å². The maximum atomic E-state index is 6.21. The van der Waals surface area contributed by atoms with Gasteiger partial charge in [-0.1, -0.05) is 11.6 Å². The molecule has 1 atom stereocenters. The molecule has 0 N–H and O–H groups in total. The van der Waals surface area contributed by atoms with Gasteiger partial charge in [0.05, 0.1) is 29.8 Å². The predicted octanol–water partition coefficient (Wildman–Crippen LogP) is 4.97. The maximum absolute atomic E-state index is 6.21. The zero-order chi connectivity index (χ0) is 18.4. The molecule has 4 nitrogen and oxygen atoms in total. The molecule has 0 amide bonds. The molecule has 0 saturated heterocycles. The predicted molar refractivity (Wildman–Crippen MR) is 104 cm³/mol. The SMILES string of the molecule is Cc1cc(-c2nn(-c3ccc(Cl)c(C)c3)c3c2CO[C@@H](C)C3)cc(C)n1. The van der Waals surface area contributed by atoms with E-state index in [1.807, 2.05) is 32.9 Å². The third-order valence-electron chi connectivity index (χ3n) is 4.82. The zero-order valence-corrected chi connectivity index (χ0v) is 16.3. The molecular formula is C21H22ClN3O. The number of halogens is 1. The Kier molecular flexibility index (Phi) is 4.33. The fourth-order valence-corrected chi connectivity index (χ4v) is 3.70. The quantitative estimate of drug-likeness (QED) is 0.641. The molecule has 1 aliphatic rings. The van der Waals surface area contributed by atoms with E-state index in [-0.39, 0.29) is 6.10 Å². The average Bonchev–Trinajstić information content (AvgIpc) is 2.95. The van der Waals surface area contributed by atoms with Crippen LogP contribution in [-0.4, -0.2) is 20.9 Å². The molecule has 2 aromatic heterocycles. The van der Waals surface area contributed by atoms with Crippen LogP contribution >= 0.6 is 11.6 Å². The zero-order valence-electron chi connectivity index (χ0n) is 15.5. The fraction of sp³-hybridized carbons (Fsp3) is 0.333. The van der Waals surface area contributed by atoms with Crippen LogP contribution in [-0.2, 0) is 17.8 Å². The molecule has 134 valence electrons. The summed E-state index contributed by atoms with van der Waals surface area (Å²) in [5.74, 6) is 0. The van der Waals surface area contributed by atoms with Crippen molar-refractivity contribution in [2.75, 3.05) is 0 Å². The minimum absolute atomic E-state index is 0.181. The van der Waals surface area contributed by atoms with E-state index in [1.54, 1.807) is 0 Å². The number of aryl methyl sites for hydroxylation is 3. The summed E-state index contributed by atoms with van der Waals surface area (Å²) < 4.78 is 7.98. The van der Waals surface area contributed by atoms with Crippen molar-refractivity contribution < 1.29 is 4.74 Å². The van der Waals surface area contributed by atoms with Crippen molar-refractivity contribution in [3.8, 4) is 16.9 Å². The fourth-order valence-electron chi connectivity index (χ4n) is 3.58. The van der Waals surface area contributed by atoms with Gasteiger partial charge in [0.2, 0.25) is 0 Å². The summed E-state index contributed by atoms with van der Waals surface area (Å²) in [7, 11) is 0. The van der Waals surface area contributed by atoms with Gasteiger partial charge < -0.3 is 4.74 Å². The second-order valence-electron chi connectivity index (χ2n) is 7.08. The number of nitrogens with zero attached hydrogens (tertiary/aromatic N) is 3. The van der Waals surface area contributed by atoms with Gasteiger partial charge in [-0.15, -0.1) is 0 Å². The number of benzene rings is 1. The Labute approximate surface area is 158 Å². The lowest BCUT2D eigenvalue weighted by Gasteiger charge is -2.21. The van der Waals surface area contributed by atoms with E-state index in [4.69, 9.17) is 21.4 Å². The van der Waals surface area contributed by atoms with Crippen LogP contribution in [0.4, 0.5) is 0 Å². The largest absolute Gasteiger partial charge is 0.373 e. The minimum Gasteiger partial charge on any atom is -0.373 e. The van der Waals surface area contributed by atoms with Crippen LogP contribution in [0, 0.1) is 20.8 Å². The van der Waals surface area contributed by atoms with Gasteiger partial charge in [-0.2, -0.15) is 5.10 Å². The summed E-state index contributed by atoms with van der Waals surface area (Å²) in [4.78, 5) is 4.49. The Hall–Kier alpha value is -2.17. The Bertz CT molecular complexity index is 973. The first-order chi connectivity index (χ1) is 12.4. The molecular weight excluding hydrogens is 346 g/mol. The molecule has 3 heterocycles. The summed E-state index contributed by atoms with van der Waals surface area (Å²) in [6, 6.07) is 10.2. The second kappa shape index (κ2) is 6.53. The van der Waals surface area contributed by atoms with E-state index in [0.717, 1.165) is 45.3 Å². The molecule has 26 heavy (non-hydrogen) atoms. The molecule has 0 saturated carbocycles. The third kappa shape index (κ3) is 3.04. The topological polar surface area (TPSA) is 39.9 Å². The highest BCUT2D eigenvalue weighted by atomic mass is 35.5. The van der Waals surface area contributed by atoms with Crippen LogP contribution in [0.1, 0.15) is 35.1 Å². The molecule has 0 aliphatic carbocycles. The van der Waals surface area contributed by atoms with E-state index in [2.05, 4.69) is 34.8 Å². The Morgan fingerprint density at radius 1 is 1.12 bits per heavy atom. The summed E-state index contributed by atoms with van der Waals surface area (Å²) in [5.41, 5.74) is 8.53. The standard InChI is InChI=1S/C21H22ClN3O/c1-12-7-17(5-6-19(12)22)25-20-10-15(4)26-11-18(20)21(24-25)16-8-13(2)23-14(3)9-16/h5-9,15H,10-11H2,1-4H3/t15-/m0/s1. The lowest BCUT2D eigenvalue weighted by Crippen LogP contribution is -2.21. The van der Waals surface area contributed by atoms with Gasteiger partial charge in [0, 0.05) is 34.0 Å². The maximum Gasteiger partial charge on any atom is 0.0987 e. The van der Waals surface area contributed by atoms with Crippen molar-refractivity contribution in [1.29, 1.82) is 0 Å². The molecule has 3 aromatic rings. The summed E-state index contributed by atoms with van der Waals surface area (Å²) in [6.45, 7) is 8.73. The summed E-state index contributed by atoms with van der Waals surface area (Å²) in [6.07, 6.45) is 1.02. The van der Waals surface area contributed by atoms with Crippen molar-refractivity contribution in [2.24, 2.45) is 0 Å². The molecule has 5 heteroatoms. The molecule has 0 bridgehead atoms. The summed E-state index contributed by atoms with van der Waals surface area (Å²) >= 11 is 6.21. The van der Waals surface area contributed by atoms with Crippen molar-refractivity contribution in [3.63, 3.8) is 0 Å². The number of aromatic nitrogens is 3. The highest BCUT2D eigenvalue weighted by Crippen LogP contribution is 2.33. The first-order valence-corrected chi connectivity index (χ1v) is 9.24. The van der Waals surface area contributed by atoms with Gasteiger partial charge in [0.25, 0.3) is 0 Å². The van der Waals surface area contributed by atoms with Gasteiger partial charge >= 0.3 is 0 Å². The smallest absolute Gasteiger partial charge is 0.0987 e. The van der Waals surface area contributed by atoms with Crippen LogP contribution in [0.3, 0.4) is 0 Å². The van der Waals surface area contributed by atoms with Crippen LogP contribution in [0.25, 0.3) is 16.9 Å². The lowest BCUT2D eigenvalue weighted by atomic mass is 10.0. The molecule has 0 spiro atoms. The van der Waals surface area contributed by atoms with E-state index < -0.39 is 0 Å². The molecule has 0 unspecified atom stereocenters. The monoisotopic (exact) mass is 367 g/mol. The van der Waals surface area contributed by atoms with Gasteiger partial charge in [0.1, 0.15) is 0 Å². The van der Waals surface area contributed by atoms with Gasteiger partial charge in [-0.05, 0) is 63.6 Å². The number of rotatable bonds is 2. The molecule has 4 rings (SSSR count). The van der Waals surface area contributed by atoms with Crippen molar-refractivity contribution in [2.45, 2.75) is 46.8 Å².